The van der Waals surface area contributed by atoms with Gasteiger partial charge < -0.3 is 18.9 Å². The van der Waals surface area contributed by atoms with Gasteiger partial charge in [-0.2, -0.15) is 0 Å². The topological polar surface area (TPSA) is 36.9 Å². The molecule has 2 unspecified atom stereocenters. The summed E-state index contributed by atoms with van der Waals surface area (Å²) < 4.78 is 22.1. The molecular formula is C9H13BO4. The summed E-state index contributed by atoms with van der Waals surface area (Å²) >= 11 is 0. The van der Waals surface area contributed by atoms with E-state index in [1.807, 2.05) is 0 Å². The zero-order valence-electron chi connectivity index (χ0n) is 7.98. The first-order valence-corrected chi connectivity index (χ1v) is 5.07. The molecule has 1 spiro atoms. The van der Waals surface area contributed by atoms with E-state index in [0.29, 0.717) is 13.4 Å². The van der Waals surface area contributed by atoms with Crippen LogP contribution in [-0.4, -0.2) is 51.7 Å². The summed E-state index contributed by atoms with van der Waals surface area (Å²) in [5.41, 5.74) is -0.408. The van der Waals surface area contributed by atoms with E-state index in [4.69, 9.17) is 26.8 Å². The van der Waals surface area contributed by atoms with Crippen molar-refractivity contribution < 1.29 is 18.9 Å². The minimum atomic E-state index is -0.408. The largest absolute Gasteiger partial charge is 0.376 e. The predicted molar refractivity (Wildman–Crippen MR) is 48.0 cm³/mol. The van der Waals surface area contributed by atoms with E-state index < -0.39 is 5.60 Å². The van der Waals surface area contributed by atoms with Gasteiger partial charge in [0.05, 0.1) is 6.61 Å². The number of hydrogen-bond donors (Lipinski definition) is 0. The lowest BCUT2D eigenvalue weighted by Crippen LogP contribution is -2.51. The molecule has 4 nitrogen and oxygen atoms in total. The van der Waals surface area contributed by atoms with Gasteiger partial charge in [0, 0.05) is 12.6 Å². The molecule has 0 N–H and O–H groups in total. The Labute approximate surface area is 84.2 Å². The van der Waals surface area contributed by atoms with Crippen molar-refractivity contribution in [1.29, 1.82) is 0 Å². The van der Waals surface area contributed by atoms with Gasteiger partial charge in [0.2, 0.25) is 0 Å². The minimum Gasteiger partial charge on any atom is -0.376 e. The molecule has 0 amide bonds. The van der Waals surface area contributed by atoms with Crippen molar-refractivity contribution >= 4 is 7.85 Å². The standard InChI is InChI=1S/C9H13BO4/c10-8-9(2-1-3-13-9)7-6(14-8)4-11-5-12-7/h6-8H,1-5H2/t6?,7-,8?,9+/m1/s1. The predicted octanol–water partition coefficient (Wildman–Crippen LogP) is -0.198. The highest BCUT2D eigenvalue weighted by molar-refractivity contribution is 6.12. The molecule has 3 rings (SSSR count). The van der Waals surface area contributed by atoms with Crippen molar-refractivity contribution in [2.45, 2.75) is 36.7 Å². The third kappa shape index (κ3) is 1.10. The smallest absolute Gasteiger partial charge is 0.147 e. The molecule has 5 heteroatoms. The van der Waals surface area contributed by atoms with E-state index in [1.54, 1.807) is 0 Å². The maximum atomic E-state index is 5.95. The molecule has 0 aromatic heterocycles. The van der Waals surface area contributed by atoms with Crippen LogP contribution in [-0.2, 0) is 18.9 Å². The zero-order chi connectivity index (χ0) is 9.60. The van der Waals surface area contributed by atoms with Gasteiger partial charge in [-0.1, -0.05) is 0 Å². The molecule has 4 atom stereocenters. The Bertz CT molecular complexity index is 229. The van der Waals surface area contributed by atoms with Crippen LogP contribution in [0.4, 0.5) is 0 Å². The first kappa shape index (κ1) is 9.15. The number of hydrogen-bond acceptors (Lipinski definition) is 4. The van der Waals surface area contributed by atoms with Gasteiger partial charge in [-0.05, 0) is 12.8 Å². The van der Waals surface area contributed by atoms with E-state index in [2.05, 4.69) is 0 Å². The molecule has 2 radical (unpaired) electrons. The fraction of sp³-hybridized carbons (Fsp3) is 1.00. The Kier molecular flexibility index (Phi) is 2.09. The molecule has 14 heavy (non-hydrogen) atoms. The van der Waals surface area contributed by atoms with Crippen LogP contribution in [0.15, 0.2) is 0 Å². The van der Waals surface area contributed by atoms with E-state index in [1.165, 1.54) is 0 Å². The lowest BCUT2D eigenvalue weighted by molar-refractivity contribution is -0.204. The highest BCUT2D eigenvalue weighted by atomic mass is 16.7. The molecule has 0 aliphatic carbocycles. The summed E-state index contributed by atoms with van der Waals surface area (Å²) in [6.45, 7) is 1.64. The second-order valence-electron chi connectivity index (χ2n) is 4.08. The molecule has 0 aromatic rings. The maximum Gasteiger partial charge on any atom is 0.147 e. The molecular weight excluding hydrogens is 183 g/mol. The van der Waals surface area contributed by atoms with E-state index in [9.17, 15) is 0 Å². The summed E-state index contributed by atoms with van der Waals surface area (Å²) in [4.78, 5) is 0. The van der Waals surface area contributed by atoms with E-state index in [-0.39, 0.29) is 18.2 Å². The highest BCUT2D eigenvalue weighted by Gasteiger charge is 2.58. The maximum absolute atomic E-state index is 5.95. The Morgan fingerprint density at radius 3 is 3.07 bits per heavy atom. The molecule has 0 bridgehead atoms. The summed E-state index contributed by atoms with van der Waals surface area (Å²) in [6.07, 6.45) is 1.85. The van der Waals surface area contributed by atoms with Crippen LogP contribution < -0.4 is 0 Å². The van der Waals surface area contributed by atoms with Crippen molar-refractivity contribution in [3.05, 3.63) is 0 Å². The molecule has 3 aliphatic heterocycles. The fourth-order valence-electron chi connectivity index (χ4n) is 2.64. The first-order valence-electron chi connectivity index (χ1n) is 5.07. The summed E-state index contributed by atoms with van der Waals surface area (Å²) in [7, 11) is 5.95. The lowest BCUT2D eigenvalue weighted by atomic mass is 9.78. The summed E-state index contributed by atoms with van der Waals surface area (Å²) in [5.74, 6) is 0. The average molecular weight is 196 g/mol. The van der Waals surface area contributed by atoms with Gasteiger partial charge in [0.15, 0.2) is 0 Å². The average Bonchev–Trinajstić information content (AvgIpc) is 2.77. The monoisotopic (exact) mass is 196 g/mol. The third-order valence-corrected chi connectivity index (χ3v) is 3.32. The summed E-state index contributed by atoms with van der Waals surface area (Å²) in [6, 6.07) is -0.373. The van der Waals surface area contributed by atoms with Crippen LogP contribution in [0.1, 0.15) is 12.8 Å². The van der Waals surface area contributed by atoms with Crippen molar-refractivity contribution in [2.75, 3.05) is 20.0 Å². The molecule has 0 saturated carbocycles. The van der Waals surface area contributed by atoms with Crippen LogP contribution in [0.5, 0.6) is 0 Å². The van der Waals surface area contributed by atoms with Crippen LogP contribution in [0.25, 0.3) is 0 Å². The van der Waals surface area contributed by atoms with E-state index in [0.717, 1.165) is 19.4 Å². The van der Waals surface area contributed by atoms with Gasteiger partial charge in [0.1, 0.15) is 32.4 Å². The van der Waals surface area contributed by atoms with Crippen LogP contribution in [0, 0.1) is 0 Å². The Morgan fingerprint density at radius 2 is 2.29 bits per heavy atom. The molecule has 3 heterocycles. The highest BCUT2D eigenvalue weighted by Crippen LogP contribution is 2.43. The van der Waals surface area contributed by atoms with Gasteiger partial charge in [-0.3, -0.25) is 0 Å². The van der Waals surface area contributed by atoms with Crippen LogP contribution in [0.3, 0.4) is 0 Å². The van der Waals surface area contributed by atoms with Crippen molar-refractivity contribution in [2.24, 2.45) is 0 Å². The third-order valence-electron chi connectivity index (χ3n) is 3.32. The SMILES string of the molecule is [B]C1OC2COCO[C@H]2[C@@]12CCCO2. The van der Waals surface area contributed by atoms with Gasteiger partial charge in [-0.25, -0.2) is 0 Å². The number of fused-ring (bicyclic) bond motifs is 2. The lowest BCUT2D eigenvalue weighted by Gasteiger charge is -2.35. The van der Waals surface area contributed by atoms with E-state index >= 15 is 0 Å². The summed E-state index contributed by atoms with van der Waals surface area (Å²) in [5, 5.41) is 0. The molecule has 3 fully saturated rings. The van der Waals surface area contributed by atoms with Crippen molar-refractivity contribution in [1.82, 2.24) is 0 Å². The second kappa shape index (κ2) is 3.20. The number of ether oxygens (including phenoxy) is 4. The van der Waals surface area contributed by atoms with Crippen LogP contribution >= 0.6 is 0 Å². The molecule has 0 aromatic carbocycles. The minimum absolute atomic E-state index is 0.0475. The van der Waals surface area contributed by atoms with Crippen molar-refractivity contribution in [3.63, 3.8) is 0 Å². The van der Waals surface area contributed by atoms with Gasteiger partial charge in [-0.15, -0.1) is 0 Å². The molecule has 76 valence electrons. The Morgan fingerprint density at radius 1 is 1.36 bits per heavy atom. The quantitative estimate of drug-likeness (QED) is 0.503. The first-order chi connectivity index (χ1) is 6.83. The normalized spacial score (nSPS) is 52.4. The molecule has 3 saturated heterocycles. The zero-order valence-corrected chi connectivity index (χ0v) is 7.98. The van der Waals surface area contributed by atoms with Crippen LogP contribution in [0.2, 0.25) is 0 Å². The second-order valence-corrected chi connectivity index (χ2v) is 4.08. The Balaban J connectivity index is 1.88. The van der Waals surface area contributed by atoms with Gasteiger partial charge >= 0.3 is 0 Å². The fourth-order valence-corrected chi connectivity index (χ4v) is 2.64. The molecule has 3 aliphatic rings. The van der Waals surface area contributed by atoms with Crippen molar-refractivity contribution in [3.8, 4) is 0 Å². The number of rotatable bonds is 0. The van der Waals surface area contributed by atoms with Gasteiger partial charge in [0.25, 0.3) is 0 Å². The Hall–Kier alpha value is -0.0951.